The molecular weight excluding hydrogens is 256 g/mol. The number of aliphatic hydroxyl groups is 2. The normalized spacial score (nSPS) is 35.0. The molecule has 5 atom stereocenters. The third kappa shape index (κ3) is 4.29. The van der Waals surface area contributed by atoms with Crippen molar-refractivity contribution in [3.05, 3.63) is 4.91 Å². The van der Waals surface area contributed by atoms with Crippen LogP contribution in [0.25, 0.3) is 0 Å². The van der Waals surface area contributed by atoms with E-state index >= 15 is 0 Å². The number of nitroso groups, excluding NO2 is 1. The van der Waals surface area contributed by atoms with Crippen LogP contribution in [-0.4, -0.2) is 60.3 Å². The minimum absolute atomic E-state index is 0.316. The molecule has 0 radical (unpaired) electrons. The van der Waals surface area contributed by atoms with Crippen LogP contribution < -0.4 is 5.73 Å². The summed E-state index contributed by atoms with van der Waals surface area (Å²) in [4.78, 5) is 20.7. The Bertz CT molecular complexity index is 288. The fraction of sp³-hybridized carbons (Fsp3) is 0.909. The molecule has 0 saturated carbocycles. The van der Waals surface area contributed by atoms with Crippen molar-refractivity contribution >= 4 is 6.29 Å². The third-order valence-corrected chi connectivity index (χ3v) is 3.05. The topological polar surface area (TPSA) is 131 Å². The number of unbranched alkanes of at least 4 members (excludes halogenated alkanes) is 2. The average Bonchev–Trinajstić information content (AvgIpc) is 2.42. The lowest BCUT2D eigenvalue weighted by atomic mass is 9.96. The van der Waals surface area contributed by atoms with Gasteiger partial charge in [0.2, 0.25) is 0 Å². The van der Waals surface area contributed by atoms with Crippen LogP contribution in [0, 0.1) is 4.91 Å². The molecule has 1 saturated heterocycles. The molecule has 0 aromatic rings. The number of ether oxygens (including phenoxy) is 2. The van der Waals surface area contributed by atoms with Crippen LogP contribution in [0.2, 0.25) is 0 Å². The van der Waals surface area contributed by atoms with Crippen molar-refractivity contribution < 1.29 is 24.5 Å². The number of hydrogen-bond donors (Lipinski definition) is 3. The van der Waals surface area contributed by atoms with Crippen molar-refractivity contribution in [2.45, 2.75) is 49.8 Å². The molecule has 1 heterocycles. The van der Waals surface area contributed by atoms with E-state index in [9.17, 15) is 14.8 Å². The zero-order chi connectivity index (χ0) is 14.3. The molecule has 0 amide bonds. The van der Waals surface area contributed by atoms with Gasteiger partial charge in [-0.15, -0.1) is 0 Å². The number of nitrogens with zero attached hydrogens (tertiary/aromatic N) is 1. The van der Waals surface area contributed by atoms with Gasteiger partial charge in [0.05, 0.1) is 12.6 Å². The van der Waals surface area contributed by atoms with Crippen molar-refractivity contribution in [1.29, 1.82) is 0 Å². The van der Waals surface area contributed by atoms with E-state index in [-0.39, 0.29) is 0 Å². The first-order valence-electron chi connectivity index (χ1n) is 6.23. The summed E-state index contributed by atoms with van der Waals surface area (Å²) >= 11 is 0. The fourth-order valence-electron chi connectivity index (χ4n) is 1.91. The van der Waals surface area contributed by atoms with E-state index in [0.29, 0.717) is 25.9 Å². The summed E-state index contributed by atoms with van der Waals surface area (Å²) in [5.41, 5.74) is 5.71. The highest BCUT2D eigenvalue weighted by atomic mass is 16.7. The van der Waals surface area contributed by atoms with E-state index in [1.165, 1.54) is 0 Å². The smallest absolute Gasteiger partial charge is 0.175 e. The van der Waals surface area contributed by atoms with Gasteiger partial charge in [-0.3, -0.25) is 0 Å². The standard InChI is InChI=1S/C11H20N2O6/c12-8-10(16)9(13-17)7(6-15)19-11(8)18-5-3-1-2-4-14/h4,7-11,15-16H,1-3,5-6,12H2. The van der Waals surface area contributed by atoms with E-state index in [4.69, 9.17) is 20.3 Å². The van der Waals surface area contributed by atoms with Gasteiger partial charge in [-0.1, -0.05) is 5.18 Å². The number of carbonyl (C=O) groups is 1. The Labute approximate surface area is 110 Å². The molecule has 19 heavy (non-hydrogen) atoms. The number of aliphatic hydroxyl groups excluding tert-OH is 2. The lowest BCUT2D eigenvalue weighted by Crippen LogP contribution is -2.61. The predicted molar refractivity (Wildman–Crippen MR) is 65.2 cm³/mol. The molecule has 1 rings (SSSR count). The molecule has 0 aromatic carbocycles. The molecule has 0 bridgehead atoms. The number of hydrogen-bond acceptors (Lipinski definition) is 8. The lowest BCUT2D eigenvalue weighted by Gasteiger charge is -2.39. The third-order valence-electron chi connectivity index (χ3n) is 3.05. The Balaban J connectivity index is 2.45. The quantitative estimate of drug-likeness (QED) is 0.291. The van der Waals surface area contributed by atoms with Gasteiger partial charge >= 0.3 is 0 Å². The van der Waals surface area contributed by atoms with E-state index in [2.05, 4.69) is 5.18 Å². The first kappa shape index (κ1) is 16.1. The molecule has 0 aliphatic carbocycles. The van der Waals surface area contributed by atoms with Crippen LogP contribution in [0.15, 0.2) is 5.18 Å². The SMILES string of the molecule is NC1C(OCCCCC=O)OC(CO)C(N=O)C1O. The van der Waals surface area contributed by atoms with Crippen LogP contribution in [0.3, 0.4) is 0 Å². The molecule has 1 aliphatic heterocycles. The highest BCUT2D eigenvalue weighted by molar-refractivity contribution is 5.48. The summed E-state index contributed by atoms with van der Waals surface area (Å²) in [6, 6.07) is -2.01. The van der Waals surface area contributed by atoms with Crippen LogP contribution in [0.1, 0.15) is 19.3 Å². The predicted octanol–water partition coefficient (Wildman–Crippen LogP) is -1.09. The van der Waals surface area contributed by atoms with E-state index in [0.717, 1.165) is 6.29 Å². The van der Waals surface area contributed by atoms with Crippen molar-refractivity contribution in [3.8, 4) is 0 Å². The Morgan fingerprint density at radius 3 is 2.74 bits per heavy atom. The summed E-state index contributed by atoms with van der Waals surface area (Å²) in [5.74, 6) is 0. The summed E-state index contributed by atoms with van der Waals surface area (Å²) < 4.78 is 10.7. The zero-order valence-corrected chi connectivity index (χ0v) is 10.6. The van der Waals surface area contributed by atoms with E-state index in [1.54, 1.807) is 0 Å². The number of aldehydes is 1. The minimum Gasteiger partial charge on any atom is -0.394 e. The molecule has 1 aliphatic rings. The highest BCUT2D eigenvalue weighted by Crippen LogP contribution is 2.23. The largest absolute Gasteiger partial charge is 0.394 e. The molecule has 0 spiro atoms. The van der Waals surface area contributed by atoms with Gasteiger partial charge in [-0.2, -0.15) is 4.91 Å². The molecule has 8 heteroatoms. The fourth-order valence-corrected chi connectivity index (χ4v) is 1.91. The van der Waals surface area contributed by atoms with Gasteiger partial charge in [-0.05, 0) is 12.8 Å². The minimum atomic E-state index is -1.22. The van der Waals surface area contributed by atoms with E-state index in [1.807, 2.05) is 0 Å². The monoisotopic (exact) mass is 276 g/mol. The van der Waals surface area contributed by atoms with Gasteiger partial charge in [0.25, 0.3) is 0 Å². The first-order valence-corrected chi connectivity index (χ1v) is 6.23. The van der Waals surface area contributed by atoms with E-state index < -0.39 is 37.2 Å². The van der Waals surface area contributed by atoms with Gasteiger partial charge in [-0.25, -0.2) is 0 Å². The Hall–Kier alpha value is -0.930. The lowest BCUT2D eigenvalue weighted by molar-refractivity contribution is -0.237. The van der Waals surface area contributed by atoms with Crippen molar-refractivity contribution in [2.24, 2.45) is 10.9 Å². The second-order valence-corrected chi connectivity index (χ2v) is 4.42. The highest BCUT2D eigenvalue weighted by Gasteiger charge is 2.44. The molecule has 0 aromatic heterocycles. The molecule has 5 unspecified atom stereocenters. The number of rotatable bonds is 8. The summed E-state index contributed by atoms with van der Waals surface area (Å²) in [5, 5.41) is 21.6. The molecule has 8 nitrogen and oxygen atoms in total. The maximum Gasteiger partial charge on any atom is 0.175 e. The van der Waals surface area contributed by atoms with Crippen molar-refractivity contribution in [2.75, 3.05) is 13.2 Å². The summed E-state index contributed by atoms with van der Waals surface area (Å²) in [6.45, 7) is -0.137. The zero-order valence-electron chi connectivity index (χ0n) is 10.6. The Morgan fingerprint density at radius 1 is 1.42 bits per heavy atom. The van der Waals surface area contributed by atoms with Crippen molar-refractivity contribution in [1.82, 2.24) is 0 Å². The summed E-state index contributed by atoms with van der Waals surface area (Å²) in [7, 11) is 0. The molecular formula is C11H20N2O6. The number of nitrogens with two attached hydrogens (primary N) is 1. The van der Waals surface area contributed by atoms with Crippen LogP contribution in [0.5, 0.6) is 0 Å². The van der Waals surface area contributed by atoms with Crippen LogP contribution in [-0.2, 0) is 14.3 Å². The first-order chi connectivity index (χ1) is 9.15. The Morgan fingerprint density at radius 2 is 2.16 bits per heavy atom. The van der Waals surface area contributed by atoms with Gasteiger partial charge in [0, 0.05) is 13.0 Å². The van der Waals surface area contributed by atoms with Crippen LogP contribution in [0.4, 0.5) is 0 Å². The molecule has 4 N–H and O–H groups in total. The maximum absolute atomic E-state index is 10.6. The maximum atomic E-state index is 10.6. The second-order valence-electron chi connectivity index (χ2n) is 4.42. The van der Waals surface area contributed by atoms with Gasteiger partial charge in [0.1, 0.15) is 24.5 Å². The second kappa shape index (κ2) is 8.28. The average molecular weight is 276 g/mol. The van der Waals surface area contributed by atoms with Gasteiger partial charge in [0.15, 0.2) is 6.29 Å². The van der Waals surface area contributed by atoms with Gasteiger partial charge < -0.3 is 30.2 Å². The Kier molecular flexibility index (Phi) is 7.03. The molecule has 110 valence electrons. The van der Waals surface area contributed by atoms with Crippen LogP contribution >= 0.6 is 0 Å². The summed E-state index contributed by atoms with van der Waals surface area (Å²) in [6.07, 6.45) is -0.414. The molecule has 1 fully saturated rings. The van der Waals surface area contributed by atoms with Crippen molar-refractivity contribution in [3.63, 3.8) is 0 Å². The number of carbonyl (C=O) groups excluding carboxylic acids is 1.